The Kier molecular flexibility index (Phi) is 5.34. The van der Waals surface area contributed by atoms with Crippen LogP contribution in [-0.4, -0.2) is 77.4 Å². The third kappa shape index (κ3) is 4.04. The molecule has 148 valence electrons. The van der Waals surface area contributed by atoms with Crippen LogP contribution in [0.5, 0.6) is 5.75 Å². The maximum atomic E-state index is 12.6. The number of likely N-dealkylation sites (tertiary alicyclic amines) is 1. The molecule has 1 aromatic carbocycles. The van der Waals surface area contributed by atoms with Crippen LogP contribution in [0.3, 0.4) is 0 Å². The highest BCUT2D eigenvalue weighted by Gasteiger charge is 2.23. The average molecular weight is 382 g/mol. The second-order valence-corrected chi connectivity index (χ2v) is 7.50. The number of amides is 1. The van der Waals surface area contributed by atoms with E-state index in [0.29, 0.717) is 17.8 Å². The molecule has 28 heavy (non-hydrogen) atoms. The number of hydrogen-bond donors (Lipinski definition) is 2. The van der Waals surface area contributed by atoms with E-state index in [1.54, 1.807) is 24.4 Å². The molecule has 2 saturated heterocycles. The van der Waals surface area contributed by atoms with E-state index >= 15 is 0 Å². The minimum absolute atomic E-state index is 0.0148. The fraction of sp³-hybridized carbons (Fsp3) is 0.429. The van der Waals surface area contributed by atoms with Crippen molar-refractivity contribution in [2.75, 3.05) is 50.7 Å². The molecular formula is C21H26N4O3. The Bertz CT molecular complexity index is 832. The molecule has 0 spiro atoms. The molecule has 0 bridgehead atoms. The number of Topliss-reactive ketones (excluding diaryl/α,β-unsaturated/α-hetero) is 1. The molecule has 7 heteroatoms. The largest absolute Gasteiger partial charge is 0.508 e. The molecule has 2 aliphatic rings. The van der Waals surface area contributed by atoms with E-state index in [1.165, 1.54) is 0 Å². The number of phenolic OH excluding ortho intramolecular Hbond substituents is 1. The van der Waals surface area contributed by atoms with Crippen LogP contribution in [0.2, 0.25) is 0 Å². The molecule has 2 aliphatic heterocycles. The van der Waals surface area contributed by atoms with Crippen LogP contribution >= 0.6 is 0 Å². The Morgan fingerprint density at radius 2 is 1.64 bits per heavy atom. The van der Waals surface area contributed by atoms with Crippen molar-refractivity contribution in [1.82, 2.24) is 14.8 Å². The predicted molar refractivity (Wildman–Crippen MR) is 107 cm³/mol. The van der Waals surface area contributed by atoms with Gasteiger partial charge in [-0.2, -0.15) is 0 Å². The zero-order chi connectivity index (χ0) is 19.5. The highest BCUT2D eigenvalue weighted by atomic mass is 16.3. The SMILES string of the molecule is O=C(CN1CCN(c2ccc(O)cc2)CC1)c1c[nH]c(C(=O)N2CCCC2)c1. The number of nitrogens with one attached hydrogen (secondary N) is 1. The number of anilines is 1. The summed E-state index contributed by atoms with van der Waals surface area (Å²) in [5.74, 6) is 0.288. The van der Waals surface area contributed by atoms with E-state index in [1.807, 2.05) is 17.0 Å². The number of aromatic nitrogens is 1. The van der Waals surface area contributed by atoms with Gasteiger partial charge in [0, 0.05) is 56.7 Å². The highest BCUT2D eigenvalue weighted by Crippen LogP contribution is 2.20. The predicted octanol–water partition coefficient (Wildman–Crippen LogP) is 1.96. The lowest BCUT2D eigenvalue weighted by molar-refractivity contribution is 0.0787. The Morgan fingerprint density at radius 3 is 2.32 bits per heavy atom. The topological polar surface area (TPSA) is 79.9 Å². The first-order chi connectivity index (χ1) is 13.6. The number of carbonyl (C=O) groups excluding carboxylic acids is 2. The summed E-state index contributed by atoms with van der Waals surface area (Å²) in [6.45, 7) is 5.23. The van der Waals surface area contributed by atoms with Crippen LogP contribution in [-0.2, 0) is 0 Å². The first kappa shape index (κ1) is 18.6. The van der Waals surface area contributed by atoms with Gasteiger partial charge in [-0.05, 0) is 43.2 Å². The summed E-state index contributed by atoms with van der Waals surface area (Å²) in [5, 5.41) is 9.41. The number of ketones is 1. The molecule has 0 unspecified atom stereocenters. The van der Waals surface area contributed by atoms with Crippen LogP contribution in [0.25, 0.3) is 0 Å². The molecule has 2 N–H and O–H groups in total. The fourth-order valence-corrected chi connectivity index (χ4v) is 3.89. The van der Waals surface area contributed by atoms with Crippen LogP contribution in [0.1, 0.15) is 33.7 Å². The standard InChI is InChI=1S/C21H26N4O3/c26-18-5-3-17(4-6-18)24-11-9-23(10-12-24)15-20(27)16-13-19(22-14-16)21(28)25-7-1-2-8-25/h3-6,13-14,22,26H,1-2,7-12,15H2. The molecule has 0 aliphatic carbocycles. The molecule has 1 aromatic heterocycles. The Balaban J connectivity index is 1.30. The molecule has 4 rings (SSSR count). The Hall–Kier alpha value is -2.80. The van der Waals surface area contributed by atoms with Crippen molar-refractivity contribution in [1.29, 1.82) is 0 Å². The second kappa shape index (κ2) is 8.06. The Morgan fingerprint density at radius 1 is 0.964 bits per heavy atom. The highest BCUT2D eigenvalue weighted by molar-refractivity contribution is 6.01. The first-order valence-electron chi connectivity index (χ1n) is 9.87. The van der Waals surface area contributed by atoms with Gasteiger partial charge in [0.1, 0.15) is 11.4 Å². The zero-order valence-corrected chi connectivity index (χ0v) is 15.9. The number of hydrogen-bond acceptors (Lipinski definition) is 5. The lowest BCUT2D eigenvalue weighted by Crippen LogP contribution is -2.48. The summed E-state index contributed by atoms with van der Waals surface area (Å²) in [7, 11) is 0. The number of nitrogens with zero attached hydrogens (tertiary/aromatic N) is 3. The maximum Gasteiger partial charge on any atom is 0.270 e. The van der Waals surface area contributed by atoms with Crippen molar-refractivity contribution >= 4 is 17.4 Å². The normalized spacial score (nSPS) is 17.9. The van der Waals surface area contributed by atoms with Gasteiger partial charge in [-0.15, -0.1) is 0 Å². The van der Waals surface area contributed by atoms with E-state index < -0.39 is 0 Å². The molecule has 2 aromatic rings. The van der Waals surface area contributed by atoms with Crippen molar-refractivity contribution in [2.24, 2.45) is 0 Å². The quantitative estimate of drug-likeness (QED) is 0.773. The van der Waals surface area contributed by atoms with Crippen LogP contribution in [0.4, 0.5) is 5.69 Å². The van der Waals surface area contributed by atoms with Gasteiger partial charge in [-0.1, -0.05) is 0 Å². The Labute approximate surface area is 164 Å². The number of H-pyrrole nitrogens is 1. The van der Waals surface area contributed by atoms with E-state index in [2.05, 4.69) is 14.8 Å². The molecular weight excluding hydrogens is 356 g/mol. The summed E-state index contributed by atoms with van der Waals surface area (Å²) < 4.78 is 0. The smallest absolute Gasteiger partial charge is 0.270 e. The lowest BCUT2D eigenvalue weighted by atomic mass is 10.1. The summed E-state index contributed by atoms with van der Waals surface area (Å²) in [4.78, 5) is 34.3. The number of aromatic amines is 1. The minimum Gasteiger partial charge on any atom is -0.508 e. The molecule has 0 radical (unpaired) electrons. The number of phenols is 1. The van der Waals surface area contributed by atoms with Gasteiger partial charge in [0.15, 0.2) is 5.78 Å². The number of benzene rings is 1. The van der Waals surface area contributed by atoms with E-state index in [-0.39, 0.29) is 17.4 Å². The third-order valence-electron chi connectivity index (χ3n) is 5.58. The van der Waals surface area contributed by atoms with Crippen molar-refractivity contribution in [3.8, 4) is 5.75 Å². The van der Waals surface area contributed by atoms with Crippen molar-refractivity contribution in [3.63, 3.8) is 0 Å². The molecule has 0 atom stereocenters. The first-order valence-corrected chi connectivity index (χ1v) is 9.87. The molecule has 3 heterocycles. The van der Waals surface area contributed by atoms with E-state index in [4.69, 9.17) is 0 Å². The van der Waals surface area contributed by atoms with Gasteiger partial charge in [-0.25, -0.2) is 0 Å². The molecule has 1 amide bonds. The molecule has 0 saturated carbocycles. The van der Waals surface area contributed by atoms with Crippen LogP contribution in [0.15, 0.2) is 36.5 Å². The van der Waals surface area contributed by atoms with Gasteiger partial charge in [-0.3, -0.25) is 14.5 Å². The van der Waals surface area contributed by atoms with Gasteiger partial charge >= 0.3 is 0 Å². The summed E-state index contributed by atoms with van der Waals surface area (Å²) >= 11 is 0. The van der Waals surface area contributed by atoms with Crippen molar-refractivity contribution in [3.05, 3.63) is 47.8 Å². The van der Waals surface area contributed by atoms with Crippen molar-refractivity contribution < 1.29 is 14.7 Å². The fourth-order valence-electron chi connectivity index (χ4n) is 3.89. The van der Waals surface area contributed by atoms with E-state index in [9.17, 15) is 14.7 Å². The number of aromatic hydroxyl groups is 1. The lowest BCUT2D eigenvalue weighted by Gasteiger charge is -2.35. The second-order valence-electron chi connectivity index (χ2n) is 7.50. The van der Waals surface area contributed by atoms with Gasteiger partial charge < -0.3 is 19.9 Å². The van der Waals surface area contributed by atoms with Gasteiger partial charge in [0.25, 0.3) is 5.91 Å². The molecule has 7 nitrogen and oxygen atoms in total. The minimum atomic E-state index is -0.0148. The van der Waals surface area contributed by atoms with Crippen molar-refractivity contribution in [2.45, 2.75) is 12.8 Å². The third-order valence-corrected chi connectivity index (χ3v) is 5.58. The monoisotopic (exact) mass is 382 g/mol. The summed E-state index contributed by atoms with van der Waals surface area (Å²) in [6, 6.07) is 8.90. The summed E-state index contributed by atoms with van der Waals surface area (Å²) in [5.41, 5.74) is 2.16. The van der Waals surface area contributed by atoms with Crippen LogP contribution in [0, 0.1) is 0 Å². The number of rotatable bonds is 5. The van der Waals surface area contributed by atoms with Gasteiger partial charge in [0.2, 0.25) is 0 Å². The average Bonchev–Trinajstić information content (AvgIpc) is 3.41. The summed E-state index contributed by atoms with van der Waals surface area (Å²) in [6.07, 6.45) is 3.75. The van der Waals surface area contributed by atoms with Gasteiger partial charge in [0.05, 0.1) is 6.54 Å². The van der Waals surface area contributed by atoms with E-state index in [0.717, 1.165) is 57.8 Å². The number of piperazine rings is 1. The zero-order valence-electron chi connectivity index (χ0n) is 15.9. The number of carbonyl (C=O) groups is 2. The maximum absolute atomic E-state index is 12.6. The van der Waals surface area contributed by atoms with Crippen LogP contribution < -0.4 is 4.90 Å². The molecule has 2 fully saturated rings.